The second-order valence-electron chi connectivity index (χ2n) is 4.81. The van der Waals surface area contributed by atoms with Gasteiger partial charge in [-0.1, -0.05) is 29.4 Å². The maximum atomic E-state index is 2.35. The summed E-state index contributed by atoms with van der Waals surface area (Å²) >= 11 is 0. The molecule has 0 heterocycles. The fraction of sp³-hybridized carbons (Fsp3) is 0.538. The van der Waals surface area contributed by atoms with Crippen molar-refractivity contribution in [1.82, 2.24) is 0 Å². The Labute approximate surface area is 80.0 Å². The van der Waals surface area contributed by atoms with Crippen LogP contribution in [0.4, 0.5) is 0 Å². The van der Waals surface area contributed by atoms with Crippen molar-refractivity contribution in [2.24, 2.45) is 11.3 Å². The van der Waals surface area contributed by atoms with E-state index in [9.17, 15) is 0 Å². The Morgan fingerprint density at radius 2 is 2.23 bits per heavy atom. The summed E-state index contributed by atoms with van der Waals surface area (Å²) in [7, 11) is 0. The van der Waals surface area contributed by atoms with Crippen LogP contribution >= 0.6 is 0 Å². The summed E-state index contributed by atoms with van der Waals surface area (Å²) in [5.74, 6) is 0.979. The van der Waals surface area contributed by atoms with Gasteiger partial charge in [-0.15, -0.1) is 0 Å². The van der Waals surface area contributed by atoms with Crippen molar-refractivity contribution in [3.8, 4) is 0 Å². The number of rotatable bonds is 0. The molecule has 0 N–H and O–H groups in total. The molecule has 0 aromatic carbocycles. The zero-order chi connectivity index (χ0) is 9.05. The Kier molecular flexibility index (Phi) is 1.27. The van der Waals surface area contributed by atoms with Crippen molar-refractivity contribution in [3.05, 3.63) is 34.9 Å². The van der Waals surface area contributed by atoms with E-state index in [0.717, 1.165) is 5.92 Å². The van der Waals surface area contributed by atoms with Gasteiger partial charge in [-0.3, -0.25) is 0 Å². The van der Waals surface area contributed by atoms with Crippen LogP contribution in [0, 0.1) is 11.3 Å². The number of hydrogen-bond acceptors (Lipinski definition) is 0. The third-order valence-corrected chi connectivity index (χ3v) is 4.23. The van der Waals surface area contributed by atoms with Crippen LogP contribution in [0.25, 0.3) is 0 Å². The lowest BCUT2D eigenvalue weighted by Gasteiger charge is -2.29. The van der Waals surface area contributed by atoms with E-state index in [1.165, 1.54) is 19.3 Å². The zero-order valence-corrected chi connectivity index (χ0v) is 8.43. The molecule has 0 nitrogen and oxygen atoms in total. The van der Waals surface area contributed by atoms with Gasteiger partial charge in [0.25, 0.3) is 0 Å². The summed E-state index contributed by atoms with van der Waals surface area (Å²) in [6.45, 7) is 4.62. The van der Waals surface area contributed by atoms with Crippen molar-refractivity contribution in [1.29, 1.82) is 0 Å². The lowest BCUT2D eigenvalue weighted by Crippen LogP contribution is -2.16. The smallest absolute Gasteiger partial charge is 0.0193 e. The quantitative estimate of drug-likeness (QED) is 0.523. The number of allylic oxidation sites excluding steroid dienone is 6. The molecule has 0 aromatic heterocycles. The first-order valence-corrected chi connectivity index (χ1v) is 5.31. The highest BCUT2D eigenvalue weighted by molar-refractivity contribution is 5.52. The highest BCUT2D eigenvalue weighted by atomic mass is 14.6. The average Bonchev–Trinajstić information content (AvgIpc) is 2.83. The highest BCUT2D eigenvalue weighted by Crippen LogP contribution is 2.68. The molecule has 0 amide bonds. The van der Waals surface area contributed by atoms with E-state index in [-0.39, 0.29) is 0 Å². The van der Waals surface area contributed by atoms with Gasteiger partial charge in [0.1, 0.15) is 0 Å². The molecule has 1 fully saturated rings. The maximum Gasteiger partial charge on any atom is 0.0193 e. The van der Waals surface area contributed by atoms with E-state index in [1.54, 1.807) is 16.7 Å². The van der Waals surface area contributed by atoms with Gasteiger partial charge in [0.15, 0.2) is 0 Å². The SMILES string of the molecule is CC1=CC=CC2=C(C)CCC3CC123. The molecule has 2 unspecified atom stereocenters. The average molecular weight is 172 g/mol. The summed E-state index contributed by atoms with van der Waals surface area (Å²) in [5, 5.41) is 0. The van der Waals surface area contributed by atoms with Crippen LogP contribution < -0.4 is 0 Å². The van der Waals surface area contributed by atoms with Crippen molar-refractivity contribution in [3.63, 3.8) is 0 Å². The summed E-state index contributed by atoms with van der Waals surface area (Å²) in [4.78, 5) is 0. The minimum Gasteiger partial charge on any atom is -0.0692 e. The van der Waals surface area contributed by atoms with E-state index in [1.807, 2.05) is 0 Å². The van der Waals surface area contributed by atoms with Gasteiger partial charge in [-0.25, -0.2) is 0 Å². The molecule has 0 aliphatic heterocycles. The van der Waals surface area contributed by atoms with Gasteiger partial charge in [0, 0.05) is 5.41 Å². The molecule has 0 saturated heterocycles. The molecule has 2 atom stereocenters. The predicted octanol–water partition coefficient (Wildman–Crippen LogP) is 3.62. The van der Waals surface area contributed by atoms with Crippen molar-refractivity contribution < 1.29 is 0 Å². The van der Waals surface area contributed by atoms with Crippen molar-refractivity contribution >= 4 is 0 Å². The molecule has 3 rings (SSSR count). The molecular formula is C13H16. The third-order valence-electron chi connectivity index (χ3n) is 4.23. The minimum atomic E-state index is 0.525. The standard InChI is InChI=1S/C13H16/c1-9-6-7-11-8-13(11)10(2)4-3-5-12(9)13/h3-5,11H,6-8H2,1-2H3. The first kappa shape index (κ1) is 7.61. The summed E-state index contributed by atoms with van der Waals surface area (Å²) in [6, 6.07) is 0. The van der Waals surface area contributed by atoms with E-state index < -0.39 is 0 Å². The van der Waals surface area contributed by atoms with Crippen LogP contribution in [-0.4, -0.2) is 0 Å². The topological polar surface area (TPSA) is 0 Å². The van der Waals surface area contributed by atoms with Crippen LogP contribution in [0.3, 0.4) is 0 Å². The molecule has 0 radical (unpaired) electrons. The largest absolute Gasteiger partial charge is 0.0692 e. The first-order valence-electron chi connectivity index (χ1n) is 5.31. The zero-order valence-electron chi connectivity index (χ0n) is 8.43. The van der Waals surface area contributed by atoms with Gasteiger partial charge >= 0.3 is 0 Å². The Bertz CT molecular complexity index is 354. The van der Waals surface area contributed by atoms with Crippen LogP contribution in [-0.2, 0) is 0 Å². The van der Waals surface area contributed by atoms with Crippen molar-refractivity contribution in [2.75, 3.05) is 0 Å². The molecule has 0 bridgehead atoms. The van der Waals surface area contributed by atoms with E-state index >= 15 is 0 Å². The van der Waals surface area contributed by atoms with E-state index in [0.29, 0.717) is 5.41 Å². The Hall–Kier alpha value is -0.780. The van der Waals surface area contributed by atoms with E-state index in [2.05, 4.69) is 32.1 Å². The lowest BCUT2D eigenvalue weighted by atomic mass is 9.75. The molecular weight excluding hydrogens is 156 g/mol. The van der Waals surface area contributed by atoms with Crippen LogP contribution in [0.1, 0.15) is 33.1 Å². The molecule has 0 aromatic rings. The molecule has 13 heavy (non-hydrogen) atoms. The first-order chi connectivity index (χ1) is 6.25. The molecule has 3 aliphatic rings. The van der Waals surface area contributed by atoms with Crippen LogP contribution in [0.15, 0.2) is 34.9 Å². The second-order valence-corrected chi connectivity index (χ2v) is 4.81. The van der Waals surface area contributed by atoms with Gasteiger partial charge in [0.2, 0.25) is 0 Å². The minimum absolute atomic E-state index is 0.525. The van der Waals surface area contributed by atoms with Gasteiger partial charge in [0.05, 0.1) is 0 Å². The monoisotopic (exact) mass is 172 g/mol. The fourth-order valence-electron chi connectivity index (χ4n) is 3.34. The summed E-state index contributed by atoms with van der Waals surface area (Å²) in [5.41, 5.74) is 5.42. The van der Waals surface area contributed by atoms with Crippen LogP contribution in [0.5, 0.6) is 0 Å². The van der Waals surface area contributed by atoms with Crippen molar-refractivity contribution in [2.45, 2.75) is 33.1 Å². The third kappa shape index (κ3) is 0.769. The molecule has 0 heteroatoms. The number of hydrogen-bond donors (Lipinski definition) is 0. The lowest BCUT2D eigenvalue weighted by molar-refractivity contribution is 0.545. The summed E-state index contributed by atoms with van der Waals surface area (Å²) < 4.78 is 0. The maximum absolute atomic E-state index is 2.35. The molecule has 1 spiro atoms. The fourth-order valence-corrected chi connectivity index (χ4v) is 3.34. The Balaban J connectivity index is 2.19. The molecule has 68 valence electrons. The van der Waals surface area contributed by atoms with Gasteiger partial charge in [-0.05, 0) is 44.6 Å². The van der Waals surface area contributed by atoms with Gasteiger partial charge in [-0.2, -0.15) is 0 Å². The van der Waals surface area contributed by atoms with Crippen LogP contribution in [0.2, 0.25) is 0 Å². The van der Waals surface area contributed by atoms with Gasteiger partial charge < -0.3 is 0 Å². The summed E-state index contributed by atoms with van der Waals surface area (Å²) in [6.07, 6.45) is 11.1. The normalized spacial score (nSPS) is 41.1. The van der Waals surface area contributed by atoms with E-state index in [4.69, 9.17) is 0 Å². The Morgan fingerprint density at radius 3 is 3.00 bits per heavy atom. The highest BCUT2D eigenvalue weighted by Gasteiger charge is 2.58. The molecule has 1 saturated carbocycles. The predicted molar refractivity (Wildman–Crippen MR) is 55.4 cm³/mol. The second kappa shape index (κ2) is 2.17. The Morgan fingerprint density at radius 1 is 1.38 bits per heavy atom. The molecule has 3 aliphatic carbocycles.